The molecule has 1 saturated heterocycles. The second-order valence-electron chi connectivity index (χ2n) is 6.42. The summed E-state index contributed by atoms with van der Waals surface area (Å²) < 4.78 is 5.05. The molecule has 0 aromatic rings. The van der Waals surface area contributed by atoms with Gasteiger partial charge in [0.1, 0.15) is 5.54 Å². The number of likely N-dealkylation sites (tertiary alicyclic amines) is 1. The summed E-state index contributed by atoms with van der Waals surface area (Å²) in [5.41, 5.74) is 5.23. The van der Waals surface area contributed by atoms with E-state index in [1.165, 1.54) is 12.8 Å². The molecule has 1 heterocycles. The monoisotopic (exact) mass is 285 g/mol. The average Bonchev–Trinajstić information content (AvgIpc) is 2.38. The van der Waals surface area contributed by atoms with Crippen molar-refractivity contribution in [1.82, 2.24) is 9.80 Å². The summed E-state index contributed by atoms with van der Waals surface area (Å²) in [6, 6.07) is 0.977. The zero-order valence-corrected chi connectivity index (χ0v) is 13.7. The number of hydrogen-bond donors (Lipinski definition) is 1. The Balaban J connectivity index is 2.47. The van der Waals surface area contributed by atoms with E-state index in [0.29, 0.717) is 25.1 Å². The van der Waals surface area contributed by atoms with Crippen molar-refractivity contribution in [3.05, 3.63) is 0 Å². The molecule has 1 aliphatic heterocycles. The minimum absolute atomic E-state index is 0.296. The first-order valence-corrected chi connectivity index (χ1v) is 7.64. The van der Waals surface area contributed by atoms with Crippen LogP contribution in [-0.2, 0) is 9.53 Å². The first-order chi connectivity index (χ1) is 9.27. The second kappa shape index (κ2) is 7.38. The highest BCUT2D eigenvalue weighted by Gasteiger charge is 2.34. The van der Waals surface area contributed by atoms with E-state index in [1.807, 2.05) is 6.92 Å². The summed E-state index contributed by atoms with van der Waals surface area (Å²) in [5.74, 6) is -0.296. The first-order valence-electron chi connectivity index (χ1n) is 7.64. The van der Waals surface area contributed by atoms with Gasteiger partial charge in [-0.3, -0.25) is 4.79 Å². The summed E-state index contributed by atoms with van der Waals surface area (Å²) in [5, 5.41) is 0. The summed E-state index contributed by atoms with van der Waals surface area (Å²) in [4.78, 5) is 16.6. The molecule has 0 radical (unpaired) electrons. The lowest BCUT2D eigenvalue weighted by Gasteiger charge is -2.40. The quantitative estimate of drug-likeness (QED) is 0.740. The van der Waals surface area contributed by atoms with Gasteiger partial charge in [0.15, 0.2) is 0 Å². The predicted molar refractivity (Wildman–Crippen MR) is 81.6 cm³/mol. The van der Waals surface area contributed by atoms with E-state index in [2.05, 4.69) is 30.8 Å². The maximum atomic E-state index is 11.9. The van der Waals surface area contributed by atoms with Crippen LogP contribution in [0.2, 0.25) is 0 Å². The molecule has 5 nitrogen and oxygen atoms in total. The van der Waals surface area contributed by atoms with Gasteiger partial charge in [-0.15, -0.1) is 0 Å². The van der Waals surface area contributed by atoms with Crippen molar-refractivity contribution in [2.45, 2.75) is 57.7 Å². The van der Waals surface area contributed by atoms with Gasteiger partial charge in [-0.25, -0.2) is 0 Å². The molecule has 5 heteroatoms. The van der Waals surface area contributed by atoms with Gasteiger partial charge in [-0.2, -0.15) is 0 Å². The molecule has 0 amide bonds. The number of nitrogens with two attached hydrogens (primary N) is 1. The normalized spacial score (nSPS) is 22.6. The molecule has 118 valence electrons. The Hall–Kier alpha value is -0.650. The van der Waals surface area contributed by atoms with Crippen LogP contribution < -0.4 is 5.73 Å². The van der Waals surface area contributed by atoms with Crippen LogP contribution in [0, 0.1) is 0 Å². The number of piperidine rings is 1. The van der Waals surface area contributed by atoms with E-state index in [9.17, 15) is 4.79 Å². The number of carbonyl (C=O) groups is 1. The fourth-order valence-electron chi connectivity index (χ4n) is 2.97. The van der Waals surface area contributed by atoms with Gasteiger partial charge < -0.3 is 20.3 Å². The number of rotatable bonds is 6. The molecule has 2 atom stereocenters. The Kier molecular flexibility index (Phi) is 6.43. The Morgan fingerprint density at radius 3 is 2.45 bits per heavy atom. The van der Waals surface area contributed by atoms with Crippen molar-refractivity contribution < 1.29 is 9.53 Å². The molecule has 0 aromatic heterocycles. The largest absolute Gasteiger partial charge is 0.465 e. The maximum Gasteiger partial charge on any atom is 0.325 e. The predicted octanol–water partition coefficient (Wildman–Crippen LogP) is 1.07. The Morgan fingerprint density at radius 2 is 2.00 bits per heavy atom. The molecule has 0 saturated carbocycles. The molecule has 20 heavy (non-hydrogen) atoms. The molecule has 1 rings (SSSR count). The molecule has 2 unspecified atom stereocenters. The lowest BCUT2D eigenvalue weighted by molar-refractivity contribution is -0.149. The maximum absolute atomic E-state index is 11.9. The third kappa shape index (κ3) is 4.72. The van der Waals surface area contributed by atoms with Crippen LogP contribution in [0.1, 0.15) is 40.0 Å². The van der Waals surface area contributed by atoms with Gasteiger partial charge in [-0.05, 0) is 67.2 Å². The average molecular weight is 285 g/mol. The van der Waals surface area contributed by atoms with E-state index in [-0.39, 0.29) is 5.97 Å². The molecule has 0 spiro atoms. The first kappa shape index (κ1) is 17.4. The van der Waals surface area contributed by atoms with Gasteiger partial charge in [0.25, 0.3) is 0 Å². The fourth-order valence-corrected chi connectivity index (χ4v) is 2.97. The topological polar surface area (TPSA) is 58.8 Å². The van der Waals surface area contributed by atoms with Crippen molar-refractivity contribution in [2.75, 3.05) is 33.8 Å². The Bertz CT molecular complexity index is 310. The number of esters is 1. The highest BCUT2D eigenvalue weighted by Crippen LogP contribution is 2.21. The number of carbonyl (C=O) groups excluding carboxylic acids is 1. The minimum Gasteiger partial charge on any atom is -0.465 e. The van der Waals surface area contributed by atoms with E-state index in [0.717, 1.165) is 13.1 Å². The van der Waals surface area contributed by atoms with Crippen molar-refractivity contribution in [3.63, 3.8) is 0 Å². The van der Waals surface area contributed by atoms with Crippen molar-refractivity contribution in [2.24, 2.45) is 5.73 Å². The van der Waals surface area contributed by atoms with Crippen LogP contribution in [0.25, 0.3) is 0 Å². The fraction of sp³-hybridized carbons (Fsp3) is 0.933. The van der Waals surface area contributed by atoms with Gasteiger partial charge in [0, 0.05) is 12.1 Å². The zero-order valence-electron chi connectivity index (χ0n) is 13.7. The Morgan fingerprint density at radius 1 is 1.45 bits per heavy atom. The number of hydrogen-bond acceptors (Lipinski definition) is 5. The van der Waals surface area contributed by atoms with Gasteiger partial charge in [-0.1, -0.05) is 0 Å². The number of nitrogens with zero attached hydrogens (tertiary/aromatic N) is 2. The summed E-state index contributed by atoms with van der Waals surface area (Å²) in [6.07, 6.45) is 2.99. The van der Waals surface area contributed by atoms with Crippen LogP contribution in [0.5, 0.6) is 0 Å². The van der Waals surface area contributed by atoms with Gasteiger partial charge >= 0.3 is 5.97 Å². The third-order valence-electron chi connectivity index (χ3n) is 4.31. The summed E-state index contributed by atoms with van der Waals surface area (Å²) in [7, 11) is 4.28. The second-order valence-corrected chi connectivity index (χ2v) is 6.42. The van der Waals surface area contributed by atoms with Crippen molar-refractivity contribution in [1.29, 1.82) is 0 Å². The van der Waals surface area contributed by atoms with Gasteiger partial charge in [0.2, 0.25) is 0 Å². The van der Waals surface area contributed by atoms with E-state index >= 15 is 0 Å². The number of ether oxygens (including phenoxy) is 1. The van der Waals surface area contributed by atoms with E-state index < -0.39 is 5.54 Å². The van der Waals surface area contributed by atoms with Gasteiger partial charge in [0.05, 0.1) is 6.61 Å². The van der Waals surface area contributed by atoms with Crippen LogP contribution in [-0.4, -0.2) is 67.2 Å². The lowest BCUT2D eigenvalue weighted by Crippen LogP contribution is -2.53. The lowest BCUT2D eigenvalue weighted by atomic mass is 9.92. The molecule has 1 aliphatic rings. The molecule has 0 aliphatic carbocycles. The molecule has 0 bridgehead atoms. The Labute approximate surface area is 123 Å². The highest BCUT2D eigenvalue weighted by atomic mass is 16.5. The minimum atomic E-state index is -0.895. The highest BCUT2D eigenvalue weighted by molar-refractivity contribution is 5.80. The van der Waals surface area contributed by atoms with E-state index in [1.54, 1.807) is 6.92 Å². The van der Waals surface area contributed by atoms with Crippen molar-refractivity contribution >= 4 is 5.97 Å². The molecular weight excluding hydrogens is 254 g/mol. The smallest absolute Gasteiger partial charge is 0.325 e. The molecule has 1 fully saturated rings. The van der Waals surface area contributed by atoms with Crippen LogP contribution in [0.4, 0.5) is 0 Å². The third-order valence-corrected chi connectivity index (χ3v) is 4.31. The van der Waals surface area contributed by atoms with Crippen LogP contribution >= 0.6 is 0 Å². The van der Waals surface area contributed by atoms with E-state index in [4.69, 9.17) is 10.5 Å². The van der Waals surface area contributed by atoms with Crippen molar-refractivity contribution in [3.8, 4) is 0 Å². The standard InChI is InChI=1S/C15H31N3O2/c1-6-20-14(19)15(3,16)11-12(2)18-9-7-13(8-10-18)17(4)5/h12-13H,6-11,16H2,1-5H3. The zero-order chi connectivity index (χ0) is 15.3. The summed E-state index contributed by atoms with van der Waals surface area (Å²) in [6.45, 7) is 8.26. The SMILES string of the molecule is CCOC(=O)C(C)(N)CC(C)N1CCC(N(C)C)CC1. The molecule has 0 aromatic carbocycles. The molecule has 2 N–H and O–H groups in total. The summed E-state index contributed by atoms with van der Waals surface area (Å²) >= 11 is 0. The van der Waals surface area contributed by atoms with Crippen LogP contribution in [0.15, 0.2) is 0 Å². The van der Waals surface area contributed by atoms with Crippen LogP contribution in [0.3, 0.4) is 0 Å². The molecular formula is C15H31N3O2.